The van der Waals surface area contributed by atoms with E-state index in [0.29, 0.717) is 5.56 Å². The van der Waals surface area contributed by atoms with E-state index in [4.69, 9.17) is 33.2 Å². The first-order valence-corrected chi connectivity index (χ1v) is 10.7. The molecule has 1 aliphatic rings. The van der Waals surface area contributed by atoms with Crippen LogP contribution < -0.4 is 5.73 Å². The molecule has 1 aliphatic heterocycles. The number of carbonyl (C=O) groups is 2. The first-order valence-electron chi connectivity index (χ1n) is 10.3. The third-order valence-corrected chi connectivity index (χ3v) is 6.21. The summed E-state index contributed by atoms with van der Waals surface area (Å²) >= 11 is 5.87. The number of carboxylic acid groups (broad SMARTS) is 2. The van der Waals surface area contributed by atoms with E-state index in [1.54, 1.807) is 18.2 Å². The number of fused-ring (bicyclic) bond motifs is 1. The molecule has 1 fully saturated rings. The molecule has 4 rings (SSSR count). The van der Waals surface area contributed by atoms with Gasteiger partial charge >= 0.3 is 11.9 Å². The highest BCUT2D eigenvalue weighted by atomic mass is 35.5. The quantitative estimate of drug-likeness (QED) is 0.148. The lowest BCUT2D eigenvalue weighted by Crippen LogP contribution is -2.59. The highest BCUT2D eigenvalue weighted by molar-refractivity contribution is 6.28. The lowest BCUT2D eigenvalue weighted by molar-refractivity contribution is -0.193. The summed E-state index contributed by atoms with van der Waals surface area (Å²) in [5, 5.41) is 42.2. The van der Waals surface area contributed by atoms with Gasteiger partial charge in [0.15, 0.2) is 11.5 Å². The Hall–Kier alpha value is -3.80. The van der Waals surface area contributed by atoms with Gasteiger partial charge in [-0.3, -0.25) is 4.57 Å². The van der Waals surface area contributed by atoms with Crippen molar-refractivity contribution in [3.05, 3.63) is 47.5 Å². The number of hydrogen-bond donors (Lipinski definition) is 5. The van der Waals surface area contributed by atoms with Gasteiger partial charge in [-0.2, -0.15) is 9.97 Å². The lowest BCUT2D eigenvalue weighted by Gasteiger charge is -2.36. The van der Waals surface area contributed by atoms with E-state index in [2.05, 4.69) is 20.9 Å². The number of terminal acetylenes is 1. The molecule has 3 atom stereocenters. The average molecular weight is 518 g/mol. The number of hydrogen-bond acceptors (Lipinski definition) is 10. The van der Waals surface area contributed by atoms with Gasteiger partial charge in [-0.25, -0.2) is 14.6 Å². The summed E-state index contributed by atoms with van der Waals surface area (Å²) in [5.41, 5.74) is -1.53. The highest BCUT2D eigenvalue weighted by Gasteiger charge is 2.63. The smallest absolute Gasteiger partial charge is 0.348 e. The van der Waals surface area contributed by atoms with Crippen LogP contribution in [0.15, 0.2) is 36.7 Å². The molecule has 1 aromatic carbocycles. The molecule has 1 saturated heterocycles. The maximum absolute atomic E-state index is 12.1. The van der Waals surface area contributed by atoms with Crippen LogP contribution in [0.4, 0.5) is 5.82 Å². The van der Waals surface area contributed by atoms with E-state index in [9.17, 15) is 30.0 Å². The topological polar surface area (TPSA) is 203 Å². The number of carboxylic acids is 2. The van der Waals surface area contributed by atoms with E-state index in [-0.39, 0.29) is 22.3 Å². The van der Waals surface area contributed by atoms with Gasteiger partial charge < -0.3 is 35.6 Å². The van der Waals surface area contributed by atoms with Crippen LogP contribution in [0.3, 0.4) is 0 Å². The number of aromatic nitrogens is 4. The molecule has 3 aromatic rings. The van der Waals surface area contributed by atoms with Crippen molar-refractivity contribution in [3.8, 4) is 12.3 Å². The fourth-order valence-corrected chi connectivity index (χ4v) is 4.19. The summed E-state index contributed by atoms with van der Waals surface area (Å²) in [7, 11) is 0. The number of aliphatic carboxylic acids is 2. The Morgan fingerprint density at radius 3 is 2.56 bits per heavy atom. The Morgan fingerprint density at radius 2 is 1.94 bits per heavy atom. The molecule has 0 bridgehead atoms. The average Bonchev–Trinajstić information content (AvgIpc) is 3.37. The van der Waals surface area contributed by atoms with Crippen LogP contribution in [0, 0.1) is 12.3 Å². The molecule has 14 heteroatoms. The van der Waals surface area contributed by atoms with Crippen LogP contribution >= 0.6 is 11.6 Å². The van der Waals surface area contributed by atoms with Gasteiger partial charge in [0.2, 0.25) is 16.6 Å². The summed E-state index contributed by atoms with van der Waals surface area (Å²) in [5.74, 6) is -1.59. The first-order chi connectivity index (χ1) is 17.0. The Bertz CT molecular complexity index is 1360. The van der Waals surface area contributed by atoms with Gasteiger partial charge in [-0.1, -0.05) is 36.3 Å². The van der Waals surface area contributed by atoms with Crippen molar-refractivity contribution in [1.29, 1.82) is 0 Å². The number of benzene rings is 1. The third-order valence-electron chi connectivity index (χ3n) is 6.04. The van der Waals surface area contributed by atoms with E-state index in [1.165, 1.54) is 12.1 Å². The minimum absolute atomic E-state index is 0.0607. The minimum Gasteiger partial charge on any atom is -0.479 e. The molecular weight excluding hydrogens is 498 g/mol. The Labute approximate surface area is 208 Å². The molecule has 0 unspecified atom stereocenters. The van der Waals surface area contributed by atoms with Crippen molar-refractivity contribution >= 4 is 40.5 Å². The predicted octanol–water partition coefficient (Wildman–Crippen LogP) is -0.363. The Morgan fingerprint density at radius 1 is 1.28 bits per heavy atom. The van der Waals surface area contributed by atoms with Gasteiger partial charge in [-0.15, -0.1) is 6.42 Å². The molecule has 6 N–H and O–H groups in total. The number of nitrogens with zero attached hydrogens (tertiary/aromatic N) is 4. The fraction of sp³-hybridized carbons (Fsp3) is 0.318. The van der Waals surface area contributed by atoms with Gasteiger partial charge in [0.1, 0.15) is 11.6 Å². The summed E-state index contributed by atoms with van der Waals surface area (Å²) in [6.07, 6.45) is 4.57. The molecule has 0 amide bonds. The number of nitrogen functional groups attached to an aromatic ring is 1. The van der Waals surface area contributed by atoms with E-state index in [1.807, 2.05) is 0 Å². The lowest BCUT2D eigenvalue weighted by atomic mass is 9.88. The number of rotatable bonds is 8. The minimum atomic E-state index is -2.74. The zero-order chi connectivity index (χ0) is 26.3. The molecule has 0 radical (unpaired) electrons. The zero-order valence-electron chi connectivity index (χ0n) is 18.4. The second kappa shape index (κ2) is 9.01. The molecule has 0 spiro atoms. The van der Waals surface area contributed by atoms with Crippen molar-refractivity contribution in [3.63, 3.8) is 0 Å². The predicted molar refractivity (Wildman–Crippen MR) is 123 cm³/mol. The first kappa shape index (κ1) is 25.3. The monoisotopic (exact) mass is 517 g/mol. The molecule has 3 heterocycles. The van der Waals surface area contributed by atoms with Crippen LogP contribution in [0.2, 0.25) is 5.28 Å². The number of nitrogens with two attached hydrogens (primary N) is 1. The molecule has 2 aromatic heterocycles. The van der Waals surface area contributed by atoms with Crippen LogP contribution in [-0.2, 0) is 31.2 Å². The molecule has 0 aliphatic carbocycles. The summed E-state index contributed by atoms with van der Waals surface area (Å²) < 4.78 is 11.9. The third kappa shape index (κ3) is 3.81. The molecule has 0 saturated carbocycles. The summed E-state index contributed by atoms with van der Waals surface area (Å²) in [6, 6.07) is 7.97. The number of imidazole rings is 1. The second-order valence-corrected chi connectivity index (χ2v) is 8.44. The molecular formula is C22H20ClN5O8. The van der Waals surface area contributed by atoms with Crippen LogP contribution in [-0.4, -0.2) is 82.4 Å². The highest BCUT2D eigenvalue weighted by Crippen LogP contribution is 2.41. The van der Waals surface area contributed by atoms with E-state index in [0.717, 1.165) is 10.9 Å². The fourth-order valence-electron chi connectivity index (χ4n) is 4.02. The van der Waals surface area contributed by atoms with Crippen LogP contribution in [0.1, 0.15) is 5.56 Å². The van der Waals surface area contributed by atoms with Crippen molar-refractivity contribution in [2.75, 3.05) is 18.9 Å². The maximum Gasteiger partial charge on any atom is 0.348 e. The van der Waals surface area contributed by atoms with Crippen LogP contribution in [0.25, 0.3) is 11.2 Å². The standard InChI is InChI=1S/C22H20ClN5O8/c1-2-21(33)13(9-36-20(17(29)30,18(31)32)8-12-6-4-3-5-7-12)35-10-22(21,34)28-11-25-14-15(24)26-19(23)27-16(14)28/h1,3-7,11,13,33-34H,8-10H2,(H,29,30)(H,31,32)(H2,24,26,27)/t13-,21-,22+/m1/s1. The molecule has 13 nitrogen and oxygen atoms in total. The van der Waals surface area contributed by atoms with Gasteiger partial charge in [0.05, 0.1) is 19.5 Å². The van der Waals surface area contributed by atoms with E-state index >= 15 is 0 Å². The maximum atomic E-state index is 12.1. The molecule has 188 valence electrons. The van der Waals surface area contributed by atoms with Gasteiger partial charge in [0.25, 0.3) is 5.60 Å². The van der Waals surface area contributed by atoms with Crippen molar-refractivity contribution in [2.24, 2.45) is 0 Å². The number of halogens is 1. The largest absolute Gasteiger partial charge is 0.479 e. The SMILES string of the molecule is C#C[C@@]1(O)[C@@H](COC(Cc2ccccc2)(C(=O)O)C(=O)O)OC[C@@]1(O)n1cnc2c(N)nc(Cl)nc21. The molecule has 36 heavy (non-hydrogen) atoms. The van der Waals surface area contributed by atoms with Gasteiger partial charge in [-0.05, 0) is 17.2 Å². The number of anilines is 1. The van der Waals surface area contributed by atoms with E-state index < -0.39 is 54.6 Å². The zero-order valence-corrected chi connectivity index (χ0v) is 19.2. The van der Waals surface area contributed by atoms with Crippen LogP contribution in [0.5, 0.6) is 0 Å². The summed E-state index contributed by atoms with van der Waals surface area (Å²) in [4.78, 5) is 35.9. The second-order valence-electron chi connectivity index (χ2n) is 8.10. The normalized spacial score (nSPS) is 24.0. The number of aliphatic hydroxyl groups is 2. The Balaban J connectivity index is 1.68. The van der Waals surface area contributed by atoms with Gasteiger partial charge in [0, 0.05) is 6.42 Å². The summed E-state index contributed by atoms with van der Waals surface area (Å²) in [6.45, 7) is -1.43. The van der Waals surface area contributed by atoms with Crippen molar-refractivity contribution < 1.29 is 39.5 Å². The van der Waals surface area contributed by atoms with Crippen molar-refractivity contribution in [2.45, 2.75) is 29.5 Å². The Kier molecular flexibility index (Phi) is 6.33. The number of ether oxygens (including phenoxy) is 2. The van der Waals surface area contributed by atoms with Crippen molar-refractivity contribution in [1.82, 2.24) is 19.5 Å².